The number of β-amino-alcohol motifs (C(OH)–C–C–N with tert-alkyl or cyclic N) is 1. The normalized spacial score (nSPS) is 29.4. The number of carboxylic acid groups (broad SMARTS) is 1. The predicted molar refractivity (Wildman–Crippen MR) is 69.0 cm³/mol. The Balaban J connectivity index is 2.11. The van der Waals surface area contributed by atoms with Crippen LogP contribution in [0.15, 0.2) is 0 Å². The SMILES string of the molecule is O=C(O)CC1CS(=O)(=O)CCN1C(=O)N1CCC(O)C1. The van der Waals surface area contributed by atoms with E-state index in [1.54, 1.807) is 0 Å². The molecule has 0 saturated carbocycles. The van der Waals surface area contributed by atoms with E-state index in [-0.39, 0.29) is 37.0 Å². The lowest BCUT2D eigenvalue weighted by Crippen LogP contribution is -2.55. The van der Waals surface area contributed by atoms with Gasteiger partial charge in [-0.2, -0.15) is 0 Å². The van der Waals surface area contributed by atoms with Crippen molar-refractivity contribution in [2.45, 2.75) is 25.0 Å². The monoisotopic (exact) mass is 306 g/mol. The zero-order valence-electron chi connectivity index (χ0n) is 10.9. The lowest BCUT2D eigenvalue weighted by atomic mass is 10.2. The van der Waals surface area contributed by atoms with Crippen LogP contribution in [0.2, 0.25) is 0 Å². The molecule has 0 aromatic rings. The van der Waals surface area contributed by atoms with Crippen molar-refractivity contribution in [1.82, 2.24) is 9.80 Å². The van der Waals surface area contributed by atoms with Crippen molar-refractivity contribution in [3.63, 3.8) is 0 Å². The number of aliphatic hydroxyl groups is 1. The fourth-order valence-electron chi connectivity index (χ4n) is 2.61. The molecule has 2 unspecified atom stereocenters. The van der Waals surface area contributed by atoms with E-state index >= 15 is 0 Å². The summed E-state index contributed by atoms with van der Waals surface area (Å²) >= 11 is 0. The van der Waals surface area contributed by atoms with Gasteiger partial charge in [0.05, 0.1) is 30.1 Å². The van der Waals surface area contributed by atoms with Gasteiger partial charge in [-0.15, -0.1) is 0 Å². The molecule has 2 saturated heterocycles. The summed E-state index contributed by atoms with van der Waals surface area (Å²) in [7, 11) is -3.30. The van der Waals surface area contributed by atoms with Gasteiger partial charge >= 0.3 is 12.0 Å². The number of hydrogen-bond acceptors (Lipinski definition) is 5. The molecule has 0 radical (unpaired) electrons. The number of rotatable bonds is 2. The van der Waals surface area contributed by atoms with Crippen molar-refractivity contribution in [3.05, 3.63) is 0 Å². The van der Waals surface area contributed by atoms with Gasteiger partial charge in [0.25, 0.3) is 0 Å². The molecule has 0 aliphatic carbocycles. The minimum atomic E-state index is -3.30. The van der Waals surface area contributed by atoms with Gasteiger partial charge in [-0.05, 0) is 6.42 Å². The van der Waals surface area contributed by atoms with Crippen molar-refractivity contribution in [2.24, 2.45) is 0 Å². The summed E-state index contributed by atoms with van der Waals surface area (Å²) in [5.74, 6) is -1.60. The van der Waals surface area contributed by atoms with Crippen LogP contribution in [-0.2, 0) is 14.6 Å². The number of carbonyl (C=O) groups excluding carboxylic acids is 1. The lowest BCUT2D eigenvalue weighted by molar-refractivity contribution is -0.138. The van der Waals surface area contributed by atoms with Crippen molar-refractivity contribution in [3.8, 4) is 0 Å². The molecule has 2 N–H and O–H groups in total. The average molecular weight is 306 g/mol. The quantitative estimate of drug-likeness (QED) is 0.658. The van der Waals surface area contributed by atoms with Crippen LogP contribution in [0.25, 0.3) is 0 Å². The Morgan fingerprint density at radius 1 is 1.25 bits per heavy atom. The molecule has 114 valence electrons. The Hall–Kier alpha value is -1.35. The summed E-state index contributed by atoms with van der Waals surface area (Å²) in [6.07, 6.45) is -0.464. The zero-order chi connectivity index (χ0) is 14.9. The van der Waals surface area contributed by atoms with E-state index in [9.17, 15) is 23.1 Å². The van der Waals surface area contributed by atoms with Crippen LogP contribution in [0.1, 0.15) is 12.8 Å². The van der Waals surface area contributed by atoms with Gasteiger partial charge in [0, 0.05) is 19.6 Å². The number of likely N-dealkylation sites (tertiary alicyclic amines) is 1. The second-order valence-corrected chi connectivity index (χ2v) is 7.46. The third-order valence-corrected chi connectivity index (χ3v) is 5.32. The van der Waals surface area contributed by atoms with Gasteiger partial charge in [-0.3, -0.25) is 4.79 Å². The van der Waals surface area contributed by atoms with Crippen LogP contribution in [0.4, 0.5) is 4.79 Å². The molecule has 0 spiro atoms. The Labute approximate surface area is 116 Å². The number of aliphatic hydroxyl groups excluding tert-OH is 1. The number of amides is 2. The second kappa shape index (κ2) is 5.57. The first-order valence-electron chi connectivity index (χ1n) is 6.44. The average Bonchev–Trinajstić information content (AvgIpc) is 2.73. The van der Waals surface area contributed by atoms with Gasteiger partial charge in [0.15, 0.2) is 9.84 Å². The molecule has 2 aliphatic rings. The highest BCUT2D eigenvalue weighted by Gasteiger charge is 2.38. The van der Waals surface area contributed by atoms with E-state index in [2.05, 4.69) is 0 Å². The topological polar surface area (TPSA) is 115 Å². The van der Waals surface area contributed by atoms with Crippen LogP contribution >= 0.6 is 0 Å². The van der Waals surface area contributed by atoms with Crippen LogP contribution in [0, 0.1) is 0 Å². The first-order valence-corrected chi connectivity index (χ1v) is 8.26. The second-order valence-electron chi connectivity index (χ2n) is 5.23. The molecule has 2 aliphatic heterocycles. The maximum absolute atomic E-state index is 12.3. The Kier molecular flexibility index (Phi) is 4.19. The van der Waals surface area contributed by atoms with E-state index < -0.39 is 28.0 Å². The van der Waals surface area contributed by atoms with Gasteiger partial charge in [0.2, 0.25) is 0 Å². The molecule has 2 rings (SSSR count). The maximum atomic E-state index is 12.3. The van der Waals surface area contributed by atoms with Crippen LogP contribution < -0.4 is 0 Å². The van der Waals surface area contributed by atoms with Gasteiger partial charge in [-0.25, -0.2) is 13.2 Å². The molecule has 8 nitrogen and oxygen atoms in total. The number of aliphatic carboxylic acids is 1. The third-order valence-electron chi connectivity index (χ3n) is 3.62. The van der Waals surface area contributed by atoms with E-state index in [0.29, 0.717) is 13.0 Å². The number of urea groups is 1. The van der Waals surface area contributed by atoms with Crippen molar-refractivity contribution < 1.29 is 28.2 Å². The largest absolute Gasteiger partial charge is 0.481 e. The smallest absolute Gasteiger partial charge is 0.320 e. The Morgan fingerprint density at radius 2 is 1.95 bits per heavy atom. The van der Waals surface area contributed by atoms with Crippen LogP contribution in [0.5, 0.6) is 0 Å². The summed E-state index contributed by atoms with van der Waals surface area (Å²) in [6, 6.07) is -1.22. The number of nitrogens with zero attached hydrogens (tertiary/aromatic N) is 2. The van der Waals surface area contributed by atoms with Crippen molar-refractivity contribution in [2.75, 3.05) is 31.1 Å². The summed E-state index contributed by atoms with van der Waals surface area (Å²) in [5, 5.41) is 18.3. The summed E-state index contributed by atoms with van der Waals surface area (Å²) < 4.78 is 23.2. The third kappa shape index (κ3) is 3.40. The van der Waals surface area contributed by atoms with Gasteiger partial charge in [-0.1, -0.05) is 0 Å². The highest BCUT2D eigenvalue weighted by molar-refractivity contribution is 7.91. The fraction of sp³-hybridized carbons (Fsp3) is 0.818. The molecule has 2 amide bonds. The van der Waals surface area contributed by atoms with E-state index in [1.807, 2.05) is 0 Å². The zero-order valence-corrected chi connectivity index (χ0v) is 11.8. The molecule has 0 bridgehead atoms. The number of sulfone groups is 1. The maximum Gasteiger partial charge on any atom is 0.320 e. The molecule has 9 heteroatoms. The molecule has 0 aromatic heterocycles. The highest BCUT2D eigenvalue weighted by Crippen LogP contribution is 2.19. The van der Waals surface area contributed by atoms with Gasteiger partial charge < -0.3 is 20.0 Å². The molecular weight excluding hydrogens is 288 g/mol. The molecule has 2 atom stereocenters. The summed E-state index contributed by atoms with van der Waals surface area (Å²) in [5.41, 5.74) is 0. The lowest BCUT2D eigenvalue weighted by Gasteiger charge is -2.37. The van der Waals surface area contributed by atoms with Crippen LogP contribution in [0.3, 0.4) is 0 Å². The molecule has 0 aromatic carbocycles. The minimum absolute atomic E-state index is 0.00566. The molecule has 20 heavy (non-hydrogen) atoms. The number of carboxylic acids is 1. The highest BCUT2D eigenvalue weighted by atomic mass is 32.2. The molecule has 2 heterocycles. The molecule has 2 fully saturated rings. The number of hydrogen-bond donors (Lipinski definition) is 2. The number of carbonyl (C=O) groups is 2. The minimum Gasteiger partial charge on any atom is -0.481 e. The predicted octanol–water partition coefficient (Wildman–Crippen LogP) is -1.25. The Morgan fingerprint density at radius 3 is 2.50 bits per heavy atom. The fourth-order valence-corrected chi connectivity index (χ4v) is 4.13. The van der Waals surface area contributed by atoms with E-state index in [4.69, 9.17) is 5.11 Å². The van der Waals surface area contributed by atoms with E-state index in [0.717, 1.165) is 0 Å². The Bertz CT molecular complexity index is 505. The summed E-state index contributed by atoms with van der Waals surface area (Å²) in [6.45, 7) is 0.622. The van der Waals surface area contributed by atoms with Crippen LogP contribution in [-0.4, -0.2) is 83.7 Å². The molecular formula is C11H18N2O6S. The van der Waals surface area contributed by atoms with E-state index in [1.165, 1.54) is 9.80 Å². The first kappa shape index (κ1) is 15.0. The first-order chi connectivity index (χ1) is 9.28. The standard InChI is InChI=1S/C11H18N2O6S/c14-9-1-2-12(6-9)11(17)13-3-4-20(18,19)7-8(13)5-10(15)16/h8-9,14H,1-7H2,(H,15,16). The van der Waals surface area contributed by atoms with Crippen molar-refractivity contribution in [1.29, 1.82) is 0 Å². The van der Waals surface area contributed by atoms with Crippen molar-refractivity contribution >= 4 is 21.8 Å². The van der Waals surface area contributed by atoms with Gasteiger partial charge in [0.1, 0.15) is 0 Å². The summed E-state index contributed by atoms with van der Waals surface area (Å²) in [4.78, 5) is 25.9.